The first-order chi connectivity index (χ1) is 15.5. The van der Waals surface area contributed by atoms with Crippen molar-refractivity contribution in [2.24, 2.45) is 5.73 Å². The van der Waals surface area contributed by atoms with Crippen molar-refractivity contribution in [3.8, 4) is 16.9 Å². The van der Waals surface area contributed by atoms with Crippen molar-refractivity contribution in [1.29, 1.82) is 0 Å². The van der Waals surface area contributed by atoms with Crippen molar-refractivity contribution in [3.05, 3.63) is 66.5 Å². The van der Waals surface area contributed by atoms with E-state index in [1.165, 1.54) is 23.1 Å². The number of primary amides is 1. The number of fused-ring (bicyclic) bond motifs is 1. The molecule has 9 heteroatoms. The first kappa shape index (κ1) is 21.1. The SMILES string of the molecule is COCCOc1ccc(-c2ccc(N(C(N)=O)c3cccc(F)c3)cc2)c2c(N)n[nH]c12. The number of hydrogen-bond donors (Lipinski definition) is 3. The molecular weight excluding hydrogens is 413 g/mol. The van der Waals surface area contributed by atoms with Crippen LogP contribution >= 0.6 is 0 Å². The van der Waals surface area contributed by atoms with Crippen LogP contribution in [-0.2, 0) is 4.74 Å². The van der Waals surface area contributed by atoms with Crippen molar-refractivity contribution in [2.75, 3.05) is 31.0 Å². The van der Waals surface area contributed by atoms with Crippen LogP contribution in [0.1, 0.15) is 0 Å². The lowest BCUT2D eigenvalue weighted by Gasteiger charge is -2.21. The zero-order valence-corrected chi connectivity index (χ0v) is 17.3. The fourth-order valence-electron chi connectivity index (χ4n) is 3.54. The molecule has 0 spiro atoms. The van der Waals surface area contributed by atoms with Gasteiger partial charge in [0, 0.05) is 7.11 Å². The van der Waals surface area contributed by atoms with Crippen LogP contribution in [0.2, 0.25) is 0 Å². The Kier molecular flexibility index (Phi) is 5.91. The predicted molar refractivity (Wildman–Crippen MR) is 121 cm³/mol. The van der Waals surface area contributed by atoms with Gasteiger partial charge in [0.05, 0.1) is 23.4 Å². The molecule has 164 valence electrons. The molecule has 0 aliphatic carbocycles. The van der Waals surface area contributed by atoms with Crippen LogP contribution in [-0.4, -0.2) is 36.6 Å². The second-order valence-electron chi connectivity index (χ2n) is 7.01. The van der Waals surface area contributed by atoms with Gasteiger partial charge in [-0.3, -0.25) is 10.00 Å². The van der Waals surface area contributed by atoms with Crippen LogP contribution in [0, 0.1) is 5.82 Å². The maximum absolute atomic E-state index is 13.7. The Hall–Kier alpha value is -4.11. The average molecular weight is 435 g/mol. The third-order valence-corrected chi connectivity index (χ3v) is 4.98. The number of carbonyl (C=O) groups is 1. The normalized spacial score (nSPS) is 10.9. The molecular formula is C23H22FN5O3. The van der Waals surface area contributed by atoms with Crippen molar-refractivity contribution < 1.29 is 18.7 Å². The van der Waals surface area contributed by atoms with Gasteiger partial charge in [-0.25, -0.2) is 9.18 Å². The summed E-state index contributed by atoms with van der Waals surface area (Å²) < 4.78 is 24.4. The molecule has 0 atom stereocenters. The highest BCUT2D eigenvalue weighted by Crippen LogP contribution is 2.37. The summed E-state index contributed by atoms with van der Waals surface area (Å²) in [5.41, 5.74) is 14.9. The molecule has 5 N–H and O–H groups in total. The van der Waals surface area contributed by atoms with E-state index >= 15 is 0 Å². The van der Waals surface area contributed by atoms with Gasteiger partial charge in [0.1, 0.15) is 23.7 Å². The lowest BCUT2D eigenvalue weighted by molar-refractivity contribution is 0.147. The summed E-state index contributed by atoms with van der Waals surface area (Å²) in [5, 5.41) is 7.77. The first-order valence-electron chi connectivity index (χ1n) is 9.83. The molecule has 4 aromatic rings. The van der Waals surface area contributed by atoms with E-state index in [1.807, 2.05) is 24.3 Å². The number of aromatic amines is 1. The number of halogens is 1. The molecule has 3 aromatic carbocycles. The van der Waals surface area contributed by atoms with Gasteiger partial charge in [0.25, 0.3) is 0 Å². The van der Waals surface area contributed by atoms with Gasteiger partial charge in [-0.1, -0.05) is 18.2 Å². The Balaban J connectivity index is 1.70. The Morgan fingerprint density at radius 1 is 1.09 bits per heavy atom. The van der Waals surface area contributed by atoms with Crippen LogP contribution < -0.4 is 21.1 Å². The molecule has 4 rings (SSSR count). The van der Waals surface area contributed by atoms with Gasteiger partial charge >= 0.3 is 6.03 Å². The fraction of sp³-hybridized carbons (Fsp3) is 0.130. The van der Waals surface area contributed by atoms with Gasteiger partial charge in [-0.2, -0.15) is 5.10 Å². The van der Waals surface area contributed by atoms with Gasteiger partial charge in [0.15, 0.2) is 5.82 Å². The highest BCUT2D eigenvalue weighted by Gasteiger charge is 2.18. The first-order valence-corrected chi connectivity index (χ1v) is 9.83. The van der Waals surface area contributed by atoms with Crippen molar-refractivity contribution in [3.63, 3.8) is 0 Å². The van der Waals surface area contributed by atoms with Crippen LogP contribution in [0.15, 0.2) is 60.7 Å². The number of rotatable bonds is 7. The van der Waals surface area contributed by atoms with Crippen LogP contribution in [0.25, 0.3) is 22.0 Å². The summed E-state index contributed by atoms with van der Waals surface area (Å²) in [5.74, 6) is 0.499. The van der Waals surface area contributed by atoms with E-state index in [0.717, 1.165) is 16.5 Å². The third kappa shape index (κ3) is 4.06. The lowest BCUT2D eigenvalue weighted by Crippen LogP contribution is -2.31. The van der Waals surface area contributed by atoms with Gasteiger partial charge in [0.2, 0.25) is 0 Å². The van der Waals surface area contributed by atoms with E-state index in [0.29, 0.717) is 41.7 Å². The zero-order valence-electron chi connectivity index (χ0n) is 17.3. The number of aromatic nitrogens is 2. The van der Waals surface area contributed by atoms with Gasteiger partial charge in [-0.15, -0.1) is 0 Å². The van der Waals surface area contributed by atoms with Crippen LogP contribution in [0.3, 0.4) is 0 Å². The highest BCUT2D eigenvalue weighted by atomic mass is 19.1. The van der Waals surface area contributed by atoms with Crippen molar-refractivity contribution in [1.82, 2.24) is 10.2 Å². The molecule has 0 bridgehead atoms. The number of methoxy groups -OCH3 is 1. The standard InChI is InChI=1S/C23H22FN5O3/c1-31-11-12-32-19-10-9-18(20-21(19)27-28-22(20)25)14-5-7-16(8-6-14)29(23(26)30)17-4-2-3-15(24)13-17/h2-10,13H,11-12H2,1H3,(H2,26,30)(H3,25,27,28). The zero-order chi connectivity index (χ0) is 22.7. The molecule has 0 aliphatic heterocycles. The summed E-state index contributed by atoms with van der Waals surface area (Å²) in [6, 6.07) is 15.8. The number of nitrogens with zero attached hydrogens (tertiary/aromatic N) is 2. The number of carbonyl (C=O) groups excluding carboxylic acids is 1. The molecule has 0 unspecified atom stereocenters. The Morgan fingerprint density at radius 2 is 1.88 bits per heavy atom. The van der Waals surface area contributed by atoms with Gasteiger partial charge in [-0.05, 0) is 53.6 Å². The molecule has 0 aliphatic rings. The molecule has 0 saturated heterocycles. The smallest absolute Gasteiger partial charge is 0.323 e. The quantitative estimate of drug-likeness (QED) is 0.376. The van der Waals surface area contributed by atoms with Gasteiger partial charge < -0.3 is 20.9 Å². The molecule has 2 amide bonds. The van der Waals surface area contributed by atoms with E-state index in [1.54, 1.807) is 25.3 Å². The van der Waals surface area contributed by atoms with E-state index in [-0.39, 0.29) is 0 Å². The Bertz CT molecular complexity index is 1260. The monoisotopic (exact) mass is 435 g/mol. The number of nitrogens with one attached hydrogen (secondary N) is 1. The third-order valence-electron chi connectivity index (χ3n) is 4.98. The van der Waals surface area contributed by atoms with Crippen molar-refractivity contribution in [2.45, 2.75) is 0 Å². The van der Waals surface area contributed by atoms with E-state index in [2.05, 4.69) is 10.2 Å². The highest BCUT2D eigenvalue weighted by molar-refractivity contribution is 6.04. The summed E-state index contributed by atoms with van der Waals surface area (Å²) in [7, 11) is 1.60. The molecule has 0 saturated carbocycles. The number of nitrogen functional groups attached to an aromatic ring is 1. The van der Waals surface area contributed by atoms with E-state index in [9.17, 15) is 9.18 Å². The summed E-state index contributed by atoms with van der Waals surface area (Å²) in [4.78, 5) is 13.3. The summed E-state index contributed by atoms with van der Waals surface area (Å²) >= 11 is 0. The second-order valence-corrected chi connectivity index (χ2v) is 7.01. The maximum Gasteiger partial charge on any atom is 0.323 e. The molecule has 1 heterocycles. The predicted octanol–water partition coefficient (Wildman–Crippen LogP) is 4.19. The largest absolute Gasteiger partial charge is 0.489 e. The number of ether oxygens (including phenoxy) is 2. The number of amides is 2. The minimum Gasteiger partial charge on any atom is -0.489 e. The average Bonchev–Trinajstić information content (AvgIpc) is 3.17. The Morgan fingerprint density at radius 3 is 2.56 bits per heavy atom. The lowest BCUT2D eigenvalue weighted by atomic mass is 10.0. The number of benzene rings is 3. The summed E-state index contributed by atoms with van der Waals surface area (Å²) in [6.07, 6.45) is 0. The maximum atomic E-state index is 13.7. The van der Waals surface area contributed by atoms with E-state index in [4.69, 9.17) is 20.9 Å². The number of nitrogens with two attached hydrogens (primary N) is 2. The number of anilines is 3. The number of H-pyrrole nitrogens is 1. The Labute approximate surface area is 183 Å². The topological polar surface area (TPSA) is 119 Å². The molecule has 0 fully saturated rings. The van der Waals surface area contributed by atoms with Crippen LogP contribution in [0.5, 0.6) is 5.75 Å². The number of hydrogen-bond acceptors (Lipinski definition) is 5. The molecule has 8 nitrogen and oxygen atoms in total. The summed E-state index contributed by atoms with van der Waals surface area (Å²) in [6.45, 7) is 0.845. The molecule has 1 aromatic heterocycles. The van der Waals surface area contributed by atoms with E-state index < -0.39 is 11.8 Å². The van der Waals surface area contributed by atoms with Crippen LogP contribution in [0.4, 0.5) is 26.4 Å². The van der Waals surface area contributed by atoms with Crippen molar-refractivity contribution >= 4 is 34.1 Å². The minimum absolute atomic E-state index is 0.337. The number of urea groups is 1. The molecule has 32 heavy (non-hydrogen) atoms. The second kappa shape index (κ2) is 8.94. The molecule has 0 radical (unpaired) electrons. The minimum atomic E-state index is -0.720. The fourth-order valence-corrected chi connectivity index (χ4v) is 3.54.